The molecule has 0 N–H and O–H groups in total. The molecule has 0 saturated heterocycles. The zero-order chi connectivity index (χ0) is 23.0. The zero-order valence-electron chi connectivity index (χ0n) is 19.5. The minimum absolute atomic E-state index is 0.467. The number of aryl methyl sites for hydroxylation is 3. The number of ether oxygens (including phenoxy) is 3. The van der Waals surface area contributed by atoms with E-state index in [1.54, 1.807) is 0 Å². The van der Waals surface area contributed by atoms with Gasteiger partial charge in [0.1, 0.15) is 25.6 Å². The van der Waals surface area contributed by atoms with Crippen molar-refractivity contribution in [2.24, 2.45) is 0 Å². The highest BCUT2D eigenvalue weighted by atomic mass is 16.5. The molecular formula is C30H30O3. The molecule has 4 rings (SSSR count). The maximum absolute atomic E-state index is 6.23. The van der Waals surface area contributed by atoms with Crippen molar-refractivity contribution in [2.75, 3.05) is 0 Å². The Kier molecular flexibility index (Phi) is 7.31. The van der Waals surface area contributed by atoms with Gasteiger partial charge >= 0.3 is 0 Å². The van der Waals surface area contributed by atoms with Crippen LogP contribution in [0.15, 0.2) is 91.0 Å². The lowest BCUT2D eigenvalue weighted by atomic mass is 10.1. The van der Waals surface area contributed by atoms with Crippen LogP contribution in [0.3, 0.4) is 0 Å². The minimum atomic E-state index is 0.467. The van der Waals surface area contributed by atoms with E-state index in [0.717, 1.165) is 16.9 Å². The van der Waals surface area contributed by atoms with Gasteiger partial charge in [0.25, 0.3) is 0 Å². The van der Waals surface area contributed by atoms with Crippen LogP contribution in [0.25, 0.3) is 0 Å². The van der Waals surface area contributed by atoms with Gasteiger partial charge in [-0.1, -0.05) is 72.8 Å². The standard InChI is InChI=1S/C30H30O3/c1-22-10-4-7-13-25(22)19-31-28-16-17-29(32-20-26-14-8-5-11-23(26)2)30(18-28)33-21-27-15-9-6-12-24(27)3/h4-18H,19-21H2,1-3H3. The number of hydrogen-bond acceptors (Lipinski definition) is 3. The molecule has 0 atom stereocenters. The molecular weight excluding hydrogens is 408 g/mol. The summed E-state index contributed by atoms with van der Waals surface area (Å²) in [5, 5.41) is 0. The molecule has 3 nitrogen and oxygen atoms in total. The van der Waals surface area contributed by atoms with Crippen molar-refractivity contribution in [3.05, 3.63) is 124 Å². The normalized spacial score (nSPS) is 10.6. The lowest BCUT2D eigenvalue weighted by Crippen LogP contribution is -2.03. The van der Waals surface area contributed by atoms with Crippen LogP contribution in [0.2, 0.25) is 0 Å². The Hall–Kier alpha value is -3.72. The first kappa shape index (κ1) is 22.5. The molecule has 0 amide bonds. The molecule has 168 valence electrons. The van der Waals surface area contributed by atoms with Crippen LogP contribution < -0.4 is 14.2 Å². The Bertz CT molecular complexity index is 1210. The molecule has 0 spiro atoms. The molecule has 0 fully saturated rings. The molecule has 0 aromatic heterocycles. The van der Waals surface area contributed by atoms with Crippen LogP contribution in [0.4, 0.5) is 0 Å². The first-order valence-electron chi connectivity index (χ1n) is 11.3. The molecule has 3 heteroatoms. The van der Waals surface area contributed by atoms with Crippen LogP contribution in [0.1, 0.15) is 33.4 Å². The van der Waals surface area contributed by atoms with Crippen LogP contribution in [-0.2, 0) is 19.8 Å². The summed E-state index contributed by atoms with van der Waals surface area (Å²) < 4.78 is 18.5. The predicted octanol–water partition coefficient (Wildman–Crippen LogP) is 7.35. The van der Waals surface area contributed by atoms with Crippen molar-refractivity contribution in [1.29, 1.82) is 0 Å². The van der Waals surface area contributed by atoms with E-state index in [-0.39, 0.29) is 0 Å². The van der Waals surface area contributed by atoms with Gasteiger partial charge in [-0.3, -0.25) is 0 Å². The fourth-order valence-electron chi connectivity index (χ4n) is 3.60. The molecule has 0 aliphatic rings. The maximum atomic E-state index is 6.23. The van der Waals surface area contributed by atoms with Gasteiger partial charge in [-0.25, -0.2) is 0 Å². The van der Waals surface area contributed by atoms with E-state index in [1.807, 2.05) is 54.6 Å². The fraction of sp³-hybridized carbons (Fsp3) is 0.200. The highest BCUT2D eigenvalue weighted by Gasteiger charge is 2.11. The highest BCUT2D eigenvalue weighted by molar-refractivity contribution is 5.46. The largest absolute Gasteiger partial charge is 0.489 e. The third-order valence-corrected chi connectivity index (χ3v) is 5.86. The summed E-state index contributed by atoms with van der Waals surface area (Å²) in [6.45, 7) is 7.74. The summed E-state index contributed by atoms with van der Waals surface area (Å²) in [5.41, 5.74) is 7.09. The van der Waals surface area contributed by atoms with E-state index < -0.39 is 0 Å². The van der Waals surface area contributed by atoms with Gasteiger partial charge in [-0.15, -0.1) is 0 Å². The minimum Gasteiger partial charge on any atom is -0.489 e. The molecule has 4 aromatic rings. The van der Waals surface area contributed by atoms with Crippen molar-refractivity contribution in [2.45, 2.75) is 40.6 Å². The molecule has 0 aliphatic carbocycles. The first-order valence-corrected chi connectivity index (χ1v) is 11.3. The second-order valence-corrected chi connectivity index (χ2v) is 8.25. The monoisotopic (exact) mass is 438 g/mol. The zero-order valence-corrected chi connectivity index (χ0v) is 19.5. The number of benzene rings is 4. The van der Waals surface area contributed by atoms with Crippen LogP contribution in [0.5, 0.6) is 17.2 Å². The lowest BCUT2D eigenvalue weighted by Gasteiger charge is -2.16. The highest BCUT2D eigenvalue weighted by Crippen LogP contribution is 2.33. The quantitative estimate of drug-likeness (QED) is 0.273. The Morgan fingerprint density at radius 1 is 0.455 bits per heavy atom. The van der Waals surface area contributed by atoms with E-state index in [2.05, 4.69) is 57.2 Å². The Morgan fingerprint density at radius 3 is 1.36 bits per heavy atom. The molecule has 0 saturated carbocycles. The predicted molar refractivity (Wildman–Crippen MR) is 133 cm³/mol. The van der Waals surface area contributed by atoms with Gasteiger partial charge in [0.2, 0.25) is 0 Å². The fourth-order valence-corrected chi connectivity index (χ4v) is 3.60. The van der Waals surface area contributed by atoms with Crippen molar-refractivity contribution >= 4 is 0 Å². The van der Waals surface area contributed by atoms with E-state index >= 15 is 0 Å². The van der Waals surface area contributed by atoms with Crippen LogP contribution >= 0.6 is 0 Å². The Morgan fingerprint density at radius 2 is 0.879 bits per heavy atom. The van der Waals surface area contributed by atoms with Crippen molar-refractivity contribution in [1.82, 2.24) is 0 Å². The van der Waals surface area contributed by atoms with Crippen molar-refractivity contribution in [3.8, 4) is 17.2 Å². The molecule has 33 heavy (non-hydrogen) atoms. The third kappa shape index (κ3) is 5.95. The summed E-state index contributed by atoms with van der Waals surface area (Å²) in [7, 11) is 0. The summed E-state index contributed by atoms with van der Waals surface area (Å²) in [4.78, 5) is 0. The van der Waals surface area contributed by atoms with Crippen LogP contribution in [0, 0.1) is 20.8 Å². The summed E-state index contributed by atoms with van der Waals surface area (Å²) in [6.07, 6.45) is 0. The average molecular weight is 439 g/mol. The summed E-state index contributed by atoms with van der Waals surface area (Å²) in [5.74, 6) is 2.13. The van der Waals surface area contributed by atoms with Crippen LogP contribution in [-0.4, -0.2) is 0 Å². The van der Waals surface area contributed by atoms with E-state index in [1.165, 1.54) is 22.3 Å². The first-order chi connectivity index (χ1) is 16.1. The lowest BCUT2D eigenvalue weighted by molar-refractivity contribution is 0.250. The molecule has 0 aliphatic heterocycles. The maximum Gasteiger partial charge on any atom is 0.165 e. The molecule has 4 aromatic carbocycles. The van der Waals surface area contributed by atoms with Crippen molar-refractivity contribution < 1.29 is 14.2 Å². The van der Waals surface area contributed by atoms with Gasteiger partial charge in [0.15, 0.2) is 11.5 Å². The second-order valence-electron chi connectivity index (χ2n) is 8.25. The SMILES string of the molecule is Cc1ccccc1COc1ccc(OCc2ccccc2C)c(OCc2ccccc2C)c1. The van der Waals surface area contributed by atoms with Gasteiger partial charge in [-0.05, 0) is 66.3 Å². The average Bonchev–Trinajstić information content (AvgIpc) is 2.83. The molecule has 0 radical (unpaired) electrons. The summed E-state index contributed by atoms with van der Waals surface area (Å²) >= 11 is 0. The number of rotatable bonds is 9. The third-order valence-electron chi connectivity index (χ3n) is 5.86. The molecule has 0 bridgehead atoms. The van der Waals surface area contributed by atoms with Gasteiger partial charge in [0.05, 0.1) is 0 Å². The molecule has 0 heterocycles. The van der Waals surface area contributed by atoms with E-state index in [0.29, 0.717) is 31.3 Å². The van der Waals surface area contributed by atoms with Gasteiger partial charge in [-0.2, -0.15) is 0 Å². The van der Waals surface area contributed by atoms with Gasteiger partial charge in [0, 0.05) is 6.07 Å². The topological polar surface area (TPSA) is 27.7 Å². The smallest absolute Gasteiger partial charge is 0.165 e. The van der Waals surface area contributed by atoms with E-state index in [9.17, 15) is 0 Å². The Balaban J connectivity index is 1.53. The second kappa shape index (κ2) is 10.7. The molecule has 0 unspecified atom stereocenters. The van der Waals surface area contributed by atoms with E-state index in [4.69, 9.17) is 14.2 Å². The summed E-state index contributed by atoms with van der Waals surface area (Å²) in [6, 6.07) is 30.5. The Labute approximate surface area is 196 Å². The van der Waals surface area contributed by atoms with Crippen molar-refractivity contribution in [3.63, 3.8) is 0 Å². The number of hydrogen-bond donors (Lipinski definition) is 0. The van der Waals surface area contributed by atoms with Gasteiger partial charge < -0.3 is 14.2 Å².